The average molecular weight is 507 g/mol. The number of sulfonamides is 1. The lowest BCUT2D eigenvalue weighted by molar-refractivity contribution is -0.138. The standard InChI is InChI=1S/C22H26N4O6S2/c1-14(2)11-16(24-22(29)32-19-6-4-10-33-19)21(28)25-9-7-17-20(25)18(27)13-26(17)34(30,31)15-5-3-8-23-12-15/h3-6,8,10,12,14,16-17,20H,7,9,11,13H2,1-2H3,(H,24,29). The summed E-state index contributed by atoms with van der Waals surface area (Å²) in [4.78, 5) is 44.0. The summed E-state index contributed by atoms with van der Waals surface area (Å²) in [5.41, 5.74) is 0. The smallest absolute Gasteiger partial charge is 0.399 e. The number of ether oxygens (including phenoxy) is 1. The molecule has 10 nitrogen and oxygen atoms in total. The molecular formula is C22H26N4O6S2. The number of Topliss-reactive ketones (excluding diaryl/α,β-unsaturated/α-hetero) is 1. The van der Waals surface area contributed by atoms with Gasteiger partial charge in [0.25, 0.3) is 0 Å². The fraction of sp³-hybridized carbons (Fsp3) is 0.455. The van der Waals surface area contributed by atoms with E-state index in [0.717, 1.165) is 0 Å². The minimum absolute atomic E-state index is 0.00361. The van der Waals surface area contributed by atoms with Crippen LogP contribution in [0.15, 0.2) is 46.9 Å². The van der Waals surface area contributed by atoms with Crippen LogP contribution in [0.3, 0.4) is 0 Å². The Hall–Kier alpha value is -2.83. The molecule has 2 aromatic rings. The number of rotatable bonds is 7. The lowest BCUT2D eigenvalue weighted by atomic mass is 10.0. The minimum Gasteiger partial charge on any atom is -0.399 e. The van der Waals surface area contributed by atoms with Crippen molar-refractivity contribution in [2.24, 2.45) is 5.92 Å². The maximum Gasteiger partial charge on any atom is 0.414 e. The second kappa shape index (κ2) is 9.80. The topological polar surface area (TPSA) is 126 Å². The van der Waals surface area contributed by atoms with Crippen molar-refractivity contribution in [1.29, 1.82) is 0 Å². The summed E-state index contributed by atoms with van der Waals surface area (Å²) in [6, 6.07) is 3.89. The summed E-state index contributed by atoms with van der Waals surface area (Å²) in [5.74, 6) is -0.679. The van der Waals surface area contributed by atoms with E-state index in [4.69, 9.17) is 4.74 Å². The highest BCUT2D eigenvalue weighted by Gasteiger charge is 2.54. The molecule has 3 atom stereocenters. The molecule has 2 aromatic heterocycles. The molecule has 0 saturated carbocycles. The number of thiophene rings is 1. The van der Waals surface area contributed by atoms with E-state index < -0.39 is 40.1 Å². The number of aromatic nitrogens is 1. The van der Waals surface area contributed by atoms with Crippen molar-refractivity contribution in [2.45, 2.75) is 49.7 Å². The van der Waals surface area contributed by atoms with Gasteiger partial charge in [-0.1, -0.05) is 13.8 Å². The highest BCUT2D eigenvalue weighted by atomic mass is 32.2. The summed E-state index contributed by atoms with van der Waals surface area (Å²) in [6.45, 7) is 3.75. The van der Waals surface area contributed by atoms with Crippen LogP contribution in [0.4, 0.5) is 4.79 Å². The molecule has 0 spiro atoms. The Morgan fingerprint density at radius 2 is 2.09 bits per heavy atom. The molecule has 0 bridgehead atoms. The van der Waals surface area contributed by atoms with Gasteiger partial charge < -0.3 is 15.0 Å². The molecule has 4 rings (SSSR count). The van der Waals surface area contributed by atoms with Gasteiger partial charge in [0.1, 0.15) is 17.0 Å². The molecule has 2 fully saturated rings. The molecule has 2 saturated heterocycles. The van der Waals surface area contributed by atoms with E-state index in [2.05, 4.69) is 10.3 Å². The lowest BCUT2D eigenvalue weighted by Crippen LogP contribution is -2.53. The highest BCUT2D eigenvalue weighted by Crippen LogP contribution is 2.34. The van der Waals surface area contributed by atoms with Crippen LogP contribution in [-0.4, -0.2) is 71.6 Å². The van der Waals surface area contributed by atoms with E-state index in [0.29, 0.717) is 17.9 Å². The Kier molecular flexibility index (Phi) is 7.01. The molecule has 12 heteroatoms. The number of nitrogens with one attached hydrogen (secondary N) is 1. The molecule has 182 valence electrons. The molecule has 4 heterocycles. The third-order valence-electron chi connectivity index (χ3n) is 5.89. The third kappa shape index (κ3) is 4.84. The maximum absolute atomic E-state index is 13.5. The number of fused-ring (bicyclic) bond motifs is 1. The van der Waals surface area contributed by atoms with Gasteiger partial charge >= 0.3 is 6.09 Å². The van der Waals surface area contributed by atoms with Gasteiger partial charge in [-0.2, -0.15) is 4.31 Å². The van der Waals surface area contributed by atoms with E-state index in [1.165, 1.54) is 45.1 Å². The summed E-state index contributed by atoms with van der Waals surface area (Å²) < 4.78 is 32.7. The number of carbonyl (C=O) groups is 3. The molecule has 1 N–H and O–H groups in total. The van der Waals surface area contributed by atoms with Gasteiger partial charge in [0.15, 0.2) is 10.8 Å². The third-order valence-corrected chi connectivity index (χ3v) is 8.49. The summed E-state index contributed by atoms with van der Waals surface area (Å²) in [5, 5.41) is 4.79. The summed E-state index contributed by atoms with van der Waals surface area (Å²) in [6.07, 6.45) is 2.63. The van der Waals surface area contributed by atoms with Crippen LogP contribution in [0.25, 0.3) is 0 Å². The van der Waals surface area contributed by atoms with E-state index in [9.17, 15) is 22.8 Å². The monoisotopic (exact) mass is 506 g/mol. The zero-order valence-electron chi connectivity index (χ0n) is 18.8. The molecule has 34 heavy (non-hydrogen) atoms. The second-order valence-electron chi connectivity index (χ2n) is 8.69. The Morgan fingerprint density at radius 3 is 2.74 bits per heavy atom. The van der Waals surface area contributed by atoms with E-state index in [1.54, 1.807) is 17.5 Å². The maximum atomic E-state index is 13.5. The van der Waals surface area contributed by atoms with Crippen LogP contribution in [-0.2, 0) is 19.6 Å². The normalized spacial score (nSPS) is 21.5. The fourth-order valence-corrected chi connectivity index (χ4v) is 6.62. The number of ketones is 1. The van der Waals surface area contributed by atoms with E-state index >= 15 is 0 Å². The Bertz CT molecular complexity index is 1150. The number of hydrogen-bond donors (Lipinski definition) is 1. The summed E-state index contributed by atoms with van der Waals surface area (Å²) in [7, 11) is -3.94. The first kappa shape index (κ1) is 24.3. The number of pyridine rings is 1. The van der Waals surface area contributed by atoms with Gasteiger partial charge in [-0.05, 0) is 48.4 Å². The van der Waals surface area contributed by atoms with Crippen molar-refractivity contribution in [2.75, 3.05) is 13.1 Å². The van der Waals surface area contributed by atoms with Gasteiger partial charge in [-0.25, -0.2) is 13.2 Å². The first-order valence-corrected chi connectivity index (χ1v) is 13.3. The molecule has 2 aliphatic rings. The van der Waals surface area contributed by atoms with Crippen molar-refractivity contribution in [3.05, 3.63) is 42.0 Å². The SMILES string of the molecule is CC(C)CC(NC(=O)Oc1cccs1)C(=O)N1CCC2C1C(=O)CN2S(=O)(=O)c1cccnc1. The van der Waals surface area contributed by atoms with E-state index in [1.807, 2.05) is 13.8 Å². The average Bonchev–Trinajstić information content (AvgIpc) is 3.52. The Labute approximate surface area is 202 Å². The van der Waals surface area contributed by atoms with Crippen LogP contribution >= 0.6 is 11.3 Å². The van der Waals surface area contributed by atoms with Crippen molar-refractivity contribution < 1.29 is 27.5 Å². The van der Waals surface area contributed by atoms with Crippen LogP contribution in [0.2, 0.25) is 0 Å². The van der Waals surface area contributed by atoms with Crippen molar-refractivity contribution >= 4 is 39.1 Å². The minimum atomic E-state index is -3.94. The lowest BCUT2D eigenvalue weighted by Gasteiger charge is -2.28. The highest BCUT2D eigenvalue weighted by molar-refractivity contribution is 7.89. The van der Waals surface area contributed by atoms with Crippen LogP contribution < -0.4 is 10.1 Å². The van der Waals surface area contributed by atoms with Gasteiger partial charge in [0.05, 0.1) is 12.6 Å². The molecular weight excluding hydrogens is 480 g/mol. The molecule has 0 radical (unpaired) electrons. The summed E-state index contributed by atoms with van der Waals surface area (Å²) >= 11 is 1.25. The predicted molar refractivity (Wildman–Crippen MR) is 124 cm³/mol. The molecule has 0 aliphatic carbocycles. The fourth-order valence-electron chi connectivity index (χ4n) is 4.45. The Balaban J connectivity index is 1.51. The zero-order chi connectivity index (χ0) is 24.5. The van der Waals surface area contributed by atoms with Gasteiger partial charge in [-0.15, -0.1) is 11.3 Å². The van der Waals surface area contributed by atoms with Gasteiger partial charge in [0, 0.05) is 18.9 Å². The number of amides is 2. The van der Waals surface area contributed by atoms with E-state index in [-0.39, 0.29) is 29.7 Å². The van der Waals surface area contributed by atoms with Crippen molar-refractivity contribution in [1.82, 2.24) is 19.5 Å². The predicted octanol–water partition coefficient (Wildman–Crippen LogP) is 1.89. The quantitative estimate of drug-likeness (QED) is 0.608. The second-order valence-corrected chi connectivity index (χ2v) is 11.5. The van der Waals surface area contributed by atoms with Gasteiger partial charge in [0.2, 0.25) is 15.9 Å². The number of likely N-dealkylation sites (tertiary alicyclic amines) is 1. The van der Waals surface area contributed by atoms with Crippen molar-refractivity contribution in [3.63, 3.8) is 0 Å². The van der Waals surface area contributed by atoms with Crippen LogP contribution in [0, 0.1) is 5.92 Å². The first-order chi connectivity index (χ1) is 16.2. The number of nitrogens with zero attached hydrogens (tertiary/aromatic N) is 3. The van der Waals surface area contributed by atoms with Crippen LogP contribution in [0.1, 0.15) is 26.7 Å². The van der Waals surface area contributed by atoms with Crippen molar-refractivity contribution in [3.8, 4) is 5.06 Å². The molecule has 3 unspecified atom stereocenters. The number of hydrogen-bond acceptors (Lipinski definition) is 8. The van der Waals surface area contributed by atoms with Crippen LogP contribution in [0.5, 0.6) is 5.06 Å². The van der Waals surface area contributed by atoms with Gasteiger partial charge in [-0.3, -0.25) is 14.6 Å². The largest absolute Gasteiger partial charge is 0.414 e. The molecule has 0 aromatic carbocycles. The zero-order valence-corrected chi connectivity index (χ0v) is 20.4. The number of carbonyl (C=O) groups excluding carboxylic acids is 3. The Morgan fingerprint density at radius 1 is 1.29 bits per heavy atom. The first-order valence-electron chi connectivity index (χ1n) is 11.0. The molecule has 2 aliphatic heterocycles. The molecule has 2 amide bonds.